The van der Waals surface area contributed by atoms with Gasteiger partial charge < -0.3 is 15.6 Å². The van der Waals surface area contributed by atoms with E-state index in [4.69, 9.17) is 0 Å². The van der Waals surface area contributed by atoms with Crippen LogP contribution >= 0.6 is 0 Å². The first kappa shape index (κ1) is 26.7. The molecule has 1 amide bonds. The minimum Gasteiger partial charge on any atom is -0.351 e. The van der Waals surface area contributed by atoms with E-state index in [0.29, 0.717) is 46.5 Å². The molecular formula is C24H23F6N7O2. The van der Waals surface area contributed by atoms with Gasteiger partial charge in [-0.25, -0.2) is 9.50 Å². The Bertz CT molecular complexity index is 1490. The van der Waals surface area contributed by atoms with E-state index in [1.165, 1.54) is 10.7 Å². The third-order valence-corrected chi connectivity index (χ3v) is 6.66. The van der Waals surface area contributed by atoms with E-state index in [1.54, 1.807) is 30.7 Å². The number of fused-ring (bicyclic) bond motifs is 2. The summed E-state index contributed by atoms with van der Waals surface area (Å²) in [6.07, 6.45) is -2.54. The second-order valence-corrected chi connectivity index (χ2v) is 9.38. The smallest absolute Gasteiger partial charge is 0.351 e. The minimum absolute atomic E-state index is 0.00844. The van der Waals surface area contributed by atoms with Gasteiger partial charge in [0.15, 0.2) is 0 Å². The lowest BCUT2D eigenvalue weighted by Gasteiger charge is -2.29. The molecule has 1 atom stereocenters. The Morgan fingerprint density at radius 2 is 1.90 bits per heavy atom. The number of halogens is 6. The lowest BCUT2D eigenvalue weighted by atomic mass is 9.93. The van der Waals surface area contributed by atoms with Crippen LogP contribution in [0.5, 0.6) is 0 Å². The fourth-order valence-electron chi connectivity index (χ4n) is 4.59. The molecule has 0 bridgehead atoms. The number of rotatable bonds is 6. The number of hydrogen-bond donors (Lipinski definition) is 3. The number of aromatic amines is 1. The molecule has 9 nitrogen and oxygen atoms in total. The Hall–Kier alpha value is -3.88. The SMILES string of the molecule is C[C@@H](NC(=O)c1cnn2ccc(-c3c[nH]c4nc(N[C@H]5CC[C@@H](OC(F)(F)F)CC5)ncc34)cc12)C(F)(F)F. The quantitative estimate of drug-likeness (QED) is 0.282. The monoisotopic (exact) mass is 555 g/mol. The lowest BCUT2D eigenvalue weighted by Crippen LogP contribution is -2.43. The van der Waals surface area contributed by atoms with E-state index in [2.05, 4.69) is 30.1 Å². The predicted octanol–water partition coefficient (Wildman–Crippen LogP) is 5.21. The van der Waals surface area contributed by atoms with Gasteiger partial charge in [-0.2, -0.15) is 23.3 Å². The maximum Gasteiger partial charge on any atom is 0.522 e. The Labute approximate surface area is 217 Å². The average molecular weight is 555 g/mol. The number of carbonyl (C=O) groups is 1. The number of carbonyl (C=O) groups excluding carboxylic acids is 1. The highest BCUT2D eigenvalue weighted by molar-refractivity contribution is 6.02. The van der Waals surface area contributed by atoms with Crippen molar-refractivity contribution in [1.29, 1.82) is 0 Å². The van der Waals surface area contributed by atoms with Crippen molar-refractivity contribution >= 4 is 28.4 Å². The number of hydrogen-bond acceptors (Lipinski definition) is 6. The van der Waals surface area contributed by atoms with Gasteiger partial charge >= 0.3 is 12.5 Å². The highest BCUT2D eigenvalue weighted by atomic mass is 19.4. The first-order chi connectivity index (χ1) is 18.4. The van der Waals surface area contributed by atoms with Gasteiger partial charge in [0.2, 0.25) is 5.95 Å². The van der Waals surface area contributed by atoms with Crippen LogP contribution in [0.15, 0.2) is 36.9 Å². The van der Waals surface area contributed by atoms with Gasteiger partial charge in [-0.1, -0.05) is 0 Å². The number of nitrogens with one attached hydrogen (secondary N) is 3. The zero-order valence-corrected chi connectivity index (χ0v) is 20.4. The number of amides is 1. The van der Waals surface area contributed by atoms with Crippen LogP contribution in [-0.4, -0.2) is 61.2 Å². The summed E-state index contributed by atoms with van der Waals surface area (Å²) in [7, 11) is 0. The molecule has 0 spiro atoms. The molecule has 0 unspecified atom stereocenters. The molecule has 15 heteroatoms. The summed E-state index contributed by atoms with van der Waals surface area (Å²) in [5.74, 6) is -0.580. The maximum atomic E-state index is 12.9. The van der Waals surface area contributed by atoms with E-state index in [-0.39, 0.29) is 24.4 Å². The molecule has 0 aromatic carbocycles. The number of alkyl halides is 6. The van der Waals surface area contributed by atoms with Crippen LogP contribution in [0.4, 0.5) is 32.3 Å². The van der Waals surface area contributed by atoms with Gasteiger partial charge in [0.05, 0.1) is 23.4 Å². The summed E-state index contributed by atoms with van der Waals surface area (Å²) in [5.41, 5.74) is 2.16. The minimum atomic E-state index is -4.65. The molecule has 1 saturated carbocycles. The van der Waals surface area contributed by atoms with Crippen LogP contribution in [0, 0.1) is 0 Å². The number of pyridine rings is 1. The standard InChI is InChI=1S/C24H23F6N7O2/c1-12(23(25,26)27)34-21(38)18-11-33-37-7-6-13(8-19(18)37)16-9-31-20-17(16)10-32-22(36-20)35-14-2-4-15(5-3-14)39-24(28,29)30/h6-12,14-15H,2-5H2,1H3,(H,34,38)(H2,31,32,35,36)/t12-,14-,15+/m1/s1. The molecule has 1 aliphatic carbocycles. The molecule has 3 N–H and O–H groups in total. The van der Waals surface area contributed by atoms with Gasteiger partial charge in [-0.15, -0.1) is 13.2 Å². The van der Waals surface area contributed by atoms with Crippen LogP contribution in [0.2, 0.25) is 0 Å². The van der Waals surface area contributed by atoms with Crippen molar-refractivity contribution < 1.29 is 35.9 Å². The molecular weight excluding hydrogens is 532 g/mol. The summed E-state index contributed by atoms with van der Waals surface area (Å²) in [6.45, 7) is 0.859. The lowest BCUT2D eigenvalue weighted by molar-refractivity contribution is -0.345. The summed E-state index contributed by atoms with van der Waals surface area (Å²) >= 11 is 0. The zero-order valence-electron chi connectivity index (χ0n) is 20.4. The van der Waals surface area contributed by atoms with Crippen LogP contribution in [0.3, 0.4) is 0 Å². The van der Waals surface area contributed by atoms with Crippen molar-refractivity contribution in [3.05, 3.63) is 42.5 Å². The molecule has 1 fully saturated rings. The summed E-state index contributed by atoms with van der Waals surface area (Å²) < 4.78 is 81.5. The zero-order chi connectivity index (χ0) is 27.9. The van der Waals surface area contributed by atoms with Crippen molar-refractivity contribution in [2.75, 3.05) is 5.32 Å². The van der Waals surface area contributed by atoms with Crippen molar-refractivity contribution in [2.45, 2.75) is 63.3 Å². The third kappa shape index (κ3) is 5.92. The van der Waals surface area contributed by atoms with E-state index in [9.17, 15) is 31.1 Å². The maximum absolute atomic E-state index is 12.9. The van der Waals surface area contributed by atoms with Crippen molar-refractivity contribution in [3.8, 4) is 11.1 Å². The number of anilines is 1. The normalized spacial score (nSPS) is 19.4. The van der Waals surface area contributed by atoms with E-state index >= 15 is 0 Å². The third-order valence-electron chi connectivity index (χ3n) is 6.66. The van der Waals surface area contributed by atoms with Gasteiger partial charge in [0, 0.05) is 35.6 Å². The molecule has 4 heterocycles. The van der Waals surface area contributed by atoms with Crippen LogP contribution in [0.1, 0.15) is 43.0 Å². The Balaban J connectivity index is 1.32. The van der Waals surface area contributed by atoms with Crippen LogP contribution in [-0.2, 0) is 4.74 Å². The highest BCUT2D eigenvalue weighted by Crippen LogP contribution is 2.31. The van der Waals surface area contributed by atoms with E-state index < -0.39 is 30.6 Å². The number of ether oxygens (including phenoxy) is 1. The molecule has 4 aromatic rings. The van der Waals surface area contributed by atoms with E-state index in [1.807, 2.05) is 5.32 Å². The first-order valence-electron chi connectivity index (χ1n) is 12.1. The molecule has 0 aliphatic heterocycles. The molecule has 1 aliphatic rings. The van der Waals surface area contributed by atoms with Crippen LogP contribution < -0.4 is 10.6 Å². The molecule has 208 valence electrons. The van der Waals surface area contributed by atoms with Crippen molar-refractivity contribution in [2.24, 2.45) is 0 Å². The van der Waals surface area contributed by atoms with Gasteiger partial charge in [-0.05, 0) is 50.3 Å². The van der Waals surface area contributed by atoms with Gasteiger partial charge in [-0.3, -0.25) is 9.53 Å². The van der Waals surface area contributed by atoms with E-state index in [0.717, 1.165) is 6.92 Å². The second kappa shape index (κ2) is 10.0. The topological polar surface area (TPSA) is 109 Å². The highest BCUT2D eigenvalue weighted by Gasteiger charge is 2.37. The Morgan fingerprint density at radius 3 is 2.59 bits per heavy atom. The van der Waals surface area contributed by atoms with Gasteiger partial charge in [0.1, 0.15) is 11.7 Å². The number of H-pyrrole nitrogens is 1. The fourth-order valence-corrected chi connectivity index (χ4v) is 4.59. The summed E-state index contributed by atoms with van der Waals surface area (Å²) in [5, 5.41) is 9.81. The fraction of sp³-hybridized carbons (Fsp3) is 0.417. The molecule has 39 heavy (non-hydrogen) atoms. The van der Waals surface area contributed by atoms with Crippen molar-refractivity contribution in [3.63, 3.8) is 0 Å². The number of aromatic nitrogens is 5. The summed E-state index contributed by atoms with van der Waals surface area (Å²) in [6, 6.07) is 1.24. The Morgan fingerprint density at radius 1 is 1.15 bits per heavy atom. The first-order valence-corrected chi connectivity index (χ1v) is 12.1. The summed E-state index contributed by atoms with van der Waals surface area (Å²) in [4.78, 5) is 24.4. The van der Waals surface area contributed by atoms with Crippen molar-refractivity contribution in [1.82, 2.24) is 29.9 Å². The molecule has 0 saturated heterocycles. The second-order valence-electron chi connectivity index (χ2n) is 9.38. The molecule has 4 aromatic heterocycles. The number of nitrogens with zero attached hydrogens (tertiary/aromatic N) is 4. The predicted molar refractivity (Wildman–Crippen MR) is 128 cm³/mol. The Kier molecular flexibility index (Phi) is 6.86. The largest absolute Gasteiger partial charge is 0.522 e. The molecule has 5 rings (SSSR count). The molecule has 0 radical (unpaired) electrons. The van der Waals surface area contributed by atoms with Crippen LogP contribution in [0.25, 0.3) is 27.7 Å². The van der Waals surface area contributed by atoms with Gasteiger partial charge in [0.25, 0.3) is 5.91 Å². The average Bonchev–Trinajstić information content (AvgIpc) is 3.47.